The van der Waals surface area contributed by atoms with Gasteiger partial charge in [-0.2, -0.15) is 5.26 Å². The number of esters is 1. The fourth-order valence-electron chi connectivity index (χ4n) is 2.50. The molecule has 0 atom stereocenters. The first-order valence-corrected chi connectivity index (χ1v) is 10.4. The summed E-state index contributed by atoms with van der Waals surface area (Å²) in [5.41, 5.74) is 0.159. The van der Waals surface area contributed by atoms with E-state index in [9.17, 15) is 20.0 Å². The minimum absolute atomic E-state index is 0.0705. The quantitative estimate of drug-likeness (QED) is 0.154. The molecule has 0 fully saturated rings. The van der Waals surface area contributed by atoms with E-state index in [0.717, 1.165) is 23.1 Å². The van der Waals surface area contributed by atoms with Gasteiger partial charge in [-0.05, 0) is 24.7 Å². The monoisotopic (exact) mass is 459 g/mol. The molecule has 152 valence electrons. The van der Waals surface area contributed by atoms with E-state index in [-0.39, 0.29) is 21.9 Å². The summed E-state index contributed by atoms with van der Waals surface area (Å²) in [6.07, 6.45) is 0. The number of thiocyanates is 1. The van der Waals surface area contributed by atoms with Crippen molar-refractivity contribution in [3.63, 3.8) is 0 Å². The number of aromatic amines is 2. The second kappa shape index (κ2) is 9.49. The van der Waals surface area contributed by atoms with E-state index < -0.39 is 23.1 Å². The lowest BCUT2D eigenvalue weighted by atomic mass is 10.0. The van der Waals surface area contributed by atoms with E-state index in [0.29, 0.717) is 15.3 Å². The molecule has 0 radical (unpaired) electrons. The van der Waals surface area contributed by atoms with Crippen LogP contribution < -0.4 is 5.56 Å². The number of thiophene rings is 1. The average molecular weight is 460 g/mol. The van der Waals surface area contributed by atoms with Crippen LogP contribution in [0.4, 0.5) is 10.7 Å². The maximum Gasteiger partial charge on any atom is 0.341 e. The van der Waals surface area contributed by atoms with Crippen molar-refractivity contribution in [2.45, 2.75) is 11.1 Å². The first-order chi connectivity index (χ1) is 14.5. The van der Waals surface area contributed by atoms with E-state index in [1.54, 1.807) is 31.2 Å². The smallest absolute Gasteiger partial charge is 0.341 e. The van der Waals surface area contributed by atoms with Gasteiger partial charge in [-0.25, -0.2) is 4.79 Å². The molecule has 0 aliphatic rings. The van der Waals surface area contributed by atoms with Crippen molar-refractivity contribution < 1.29 is 14.6 Å². The first-order valence-electron chi connectivity index (χ1n) is 8.38. The number of carbonyl (C=O) groups excluding carboxylic acids is 1. The van der Waals surface area contributed by atoms with Crippen LogP contribution in [-0.4, -0.2) is 27.7 Å². The van der Waals surface area contributed by atoms with Gasteiger partial charge in [0.05, 0.1) is 10.8 Å². The number of ether oxygens (including phenoxy) is 1. The molecule has 0 spiro atoms. The Bertz CT molecular complexity index is 1270. The Hall–Kier alpha value is -3.27. The zero-order valence-corrected chi connectivity index (χ0v) is 17.8. The van der Waals surface area contributed by atoms with Gasteiger partial charge in [-0.1, -0.05) is 30.3 Å². The number of nitrogens with one attached hydrogen (secondary N) is 2. The number of H-pyrrole nitrogens is 2. The Labute approximate surface area is 183 Å². The summed E-state index contributed by atoms with van der Waals surface area (Å²) in [5, 5.41) is 29.0. The Morgan fingerprint density at radius 3 is 2.70 bits per heavy atom. The summed E-state index contributed by atoms with van der Waals surface area (Å²) in [6.45, 7) is 1.80. The molecule has 0 saturated carbocycles. The second-order valence-corrected chi connectivity index (χ2v) is 7.99. The van der Waals surface area contributed by atoms with Gasteiger partial charge >= 0.3 is 5.97 Å². The number of azo groups is 1. The summed E-state index contributed by atoms with van der Waals surface area (Å²) in [6, 6.07) is 9.01. The zero-order chi connectivity index (χ0) is 21.7. The highest BCUT2D eigenvalue weighted by atomic mass is 32.2. The van der Waals surface area contributed by atoms with Gasteiger partial charge < -0.3 is 14.8 Å². The Morgan fingerprint density at radius 1 is 1.33 bits per heavy atom. The van der Waals surface area contributed by atoms with Crippen molar-refractivity contribution in [3.05, 3.63) is 51.0 Å². The molecule has 0 unspecified atom stereocenters. The van der Waals surface area contributed by atoms with Gasteiger partial charge in [0.2, 0.25) is 11.6 Å². The van der Waals surface area contributed by atoms with E-state index in [4.69, 9.17) is 17.0 Å². The molecule has 3 rings (SSSR count). The molecule has 0 aliphatic carbocycles. The maximum absolute atomic E-state index is 12.7. The van der Waals surface area contributed by atoms with Crippen LogP contribution in [0.15, 0.2) is 49.6 Å². The lowest BCUT2D eigenvalue weighted by molar-refractivity contribution is 0.0528. The number of aromatic hydroxyl groups is 1. The molecule has 0 saturated heterocycles. The SMILES string of the molecule is CCOC(=O)c1c(N=Nc2c(O)[nH]c(=S)[nH]c2=O)sc(SC#N)c1-c1ccccc1. The van der Waals surface area contributed by atoms with Crippen molar-refractivity contribution in [2.24, 2.45) is 10.2 Å². The third-order valence-electron chi connectivity index (χ3n) is 3.68. The van der Waals surface area contributed by atoms with Gasteiger partial charge in [0, 0.05) is 17.3 Å². The lowest BCUT2D eigenvalue weighted by Gasteiger charge is -2.06. The number of thioether (sulfide) groups is 1. The van der Waals surface area contributed by atoms with Crippen molar-refractivity contribution >= 4 is 52.0 Å². The van der Waals surface area contributed by atoms with Gasteiger partial charge in [-0.15, -0.1) is 21.6 Å². The third kappa shape index (κ3) is 4.48. The van der Waals surface area contributed by atoms with Crippen molar-refractivity contribution in [3.8, 4) is 22.4 Å². The second-order valence-electron chi connectivity index (χ2n) is 5.53. The van der Waals surface area contributed by atoms with Crippen LogP contribution in [0.1, 0.15) is 17.3 Å². The van der Waals surface area contributed by atoms with E-state index in [1.165, 1.54) is 0 Å². The fourth-order valence-corrected chi connectivity index (χ4v) is 4.47. The molecular formula is C18H13N5O4S3. The summed E-state index contributed by atoms with van der Waals surface area (Å²) < 4.78 is 5.62. The number of benzene rings is 1. The molecule has 0 bridgehead atoms. The molecule has 2 aromatic heterocycles. The van der Waals surface area contributed by atoms with Crippen LogP contribution in [-0.2, 0) is 4.74 Å². The normalized spacial score (nSPS) is 10.8. The maximum atomic E-state index is 12.7. The van der Waals surface area contributed by atoms with Crippen molar-refractivity contribution in [2.75, 3.05) is 6.61 Å². The molecule has 3 aromatic rings. The standard InChI is InChI=1S/C18H13N5O4S3/c1-2-27-16(26)11-10(9-6-4-3-5-7-9)17(29-8-19)30-15(11)23-22-12-13(24)20-18(28)21-14(12)25/h3-7H,2H2,1H3,(H3,20,21,24,25,28). The number of carbonyl (C=O) groups is 1. The highest BCUT2D eigenvalue weighted by molar-refractivity contribution is 8.05. The van der Waals surface area contributed by atoms with Gasteiger partial charge in [0.25, 0.3) is 5.56 Å². The minimum Gasteiger partial charge on any atom is -0.493 e. The number of nitriles is 1. The largest absolute Gasteiger partial charge is 0.493 e. The summed E-state index contributed by atoms with van der Waals surface area (Å²) in [7, 11) is 0. The predicted molar refractivity (Wildman–Crippen MR) is 115 cm³/mol. The van der Waals surface area contributed by atoms with Crippen molar-refractivity contribution in [1.82, 2.24) is 9.97 Å². The average Bonchev–Trinajstić information content (AvgIpc) is 3.06. The molecular weight excluding hydrogens is 446 g/mol. The van der Waals surface area contributed by atoms with Gasteiger partial charge in [0.1, 0.15) is 11.0 Å². The summed E-state index contributed by atoms with van der Waals surface area (Å²) in [4.78, 5) is 29.4. The highest BCUT2D eigenvalue weighted by Crippen LogP contribution is 2.47. The molecule has 2 heterocycles. The first kappa shape index (κ1) is 21.4. The number of hydrogen-bond donors (Lipinski definition) is 3. The predicted octanol–water partition coefficient (Wildman–Crippen LogP) is 5.03. The molecule has 0 aliphatic heterocycles. The van der Waals surface area contributed by atoms with Crippen LogP contribution in [0.3, 0.4) is 0 Å². The van der Waals surface area contributed by atoms with Gasteiger partial charge in [0.15, 0.2) is 9.77 Å². The molecule has 3 N–H and O–H groups in total. The van der Waals surface area contributed by atoms with Crippen molar-refractivity contribution in [1.29, 1.82) is 5.26 Å². The van der Waals surface area contributed by atoms with Crippen LogP contribution >= 0.6 is 35.3 Å². The number of aromatic nitrogens is 2. The highest BCUT2D eigenvalue weighted by Gasteiger charge is 2.27. The molecule has 9 nitrogen and oxygen atoms in total. The Balaban J connectivity index is 2.22. The fraction of sp³-hybridized carbons (Fsp3) is 0.111. The molecule has 12 heteroatoms. The van der Waals surface area contributed by atoms with Crippen LogP contribution in [0.5, 0.6) is 5.88 Å². The van der Waals surface area contributed by atoms with E-state index in [2.05, 4.69) is 20.2 Å². The van der Waals surface area contributed by atoms with Crippen LogP contribution in [0, 0.1) is 15.4 Å². The molecule has 30 heavy (non-hydrogen) atoms. The Morgan fingerprint density at radius 2 is 2.07 bits per heavy atom. The van der Waals surface area contributed by atoms with Crippen LogP contribution in [0.25, 0.3) is 11.1 Å². The third-order valence-corrected chi connectivity index (χ3v) is 5.73. The van der Waals surface area contributed by atoms with Gasteiger partial charge in [-0.3, -0.25) is 9.78 Å². The lowest BCUT2D eigenvalue weighted by Crippen LogP contribution is -2.06. The van der Waals surface area contributed by atoms with Crippen LogP contribution in [0.2, 0.25) is 0 Å². The zero-order valence-electron chi connectivity index (χ0n) is 15.3. The number of hydrogen-bond acceptors (Lipinski definition) is 10. The number of nitrogens with zero attached hydrogens (tertiary/aromatic N) is 3. The Kier molecular flexibility index (Phi) is 6.78. The molecule has 1 aromatic carbocycles. The summed E-state index contributed by atoms with van der Waals surface area (Å²) in [5.74, 6) is -1.20. The molecule has 0 amide bonds. The summed E-state index contributed by atoms with van der Waals surface area (Å²) >= 11 is 6.70. The minimum atomic E-state index is -0.746. The number of rotatable bonds is 6. The van der Waals surface area contributed by atoms with E-state index >= 15 is 0 Å². The topological polar surface area (TPSA) is 144 Å². The van der Waals surface area contributed by atoms with E-state index in [1.807, 2.05) is 11.5 Å².